The molecule has 1 unspecified atom stereocenters. The molecule has 32 heavy (non-hydrogen) atoms. The van der Waals surface area contributed by atoms with E-state index in [9.17, 15) is 19.7 Å². The first-order chi connectivity index (χ1) is 15.0. The monoisotopic (exact) mass is 472 g/mol. The summed E-state index contributed by atoms with van der Waals surface area (Å²) in [6.07, 6.45) is 0.790. The van der Waals surface area contributed by atoms with Crippen LogP contribution in [0.4, 0.5) is 11.4 Å². The average Bonchev–Trinajstić information content (AvgIpc) is 2.69. The van der Waals surface area contributed by atoms with Crippen molar-refractivity contribution >= 4 is 46.3 Å². The van der Waals surface area contributed by atoms with Gasteiger partial charge in [-0.25, -0.2) is 0 Å². The smallest absolute Gasteiger partial charge is 0.293 e. The zero-order valence-corrected chi connectivity index (χ0v) is 19.5. The number of halogens is 2. The summed E-state index contributed by atoms with van der Waals surface area (Å²) in [5, 5.41) is 12.5. The Kier molecular flexibility index (Phi) is 5.63. The summed E-state index contributed by atoms with van der Waals surface area (Å²) in [4.78, 5) is 39.5. The summed E-state index contributed by atoms with van der Waals surface area (Å²) < 4.78 is 0. The molecule has 1 amide bonds. The van der Waals surface area contributed by atoms with E-state index < -0.39 is 10.8 Å². The molecule has 2 aromatic rings. The molecule has 0 spiro atoms. The number of nitro benzene ring substituents is 1. The van der Waals surface area contributed by atoms with Crippen molar-refractivity contribution in [3.63, 3.8) is 0 Å². The van der Waals surface area contributed by atoms with Crippen LogP contribution in [0.25, 0.3) is 0 Å². The van der Waals surface area contributed by atoms with E-state index in [1.54, 1.807) is 37.3 Å². The van der Waals surface area contributed by atoms with Gasteiger partial charge in [0, 0.05) is 36.1 Å². The molecule has 1 heterocycles. The maximum absolute atomic E-state index is 13.5. The van der Waals surface area contributed by atoms with Crippen molar-refractivity contribution in [2.45, 2.75) is 46.0 Å². The van der Waals surface area contributed by atoms with Gasteiger partial charge in [-0.3, -0.25) is 24.6 Å². The third-order valence-corrected chi connectivity index (χ3v) is 6.80. The Hall–Kier alpha value is -2.70. The predicted octanol–water partition coefficient (Wildman–Crippen LogP) is 6.37. The van der Waals surface area contributed by atoms with E-state index in [-0.39, 0.29) is 34.9 Å². The van der Waals surface area contributed by atoms with E-state index in [0.717, 1.165) is 5.56 Å². The molecule has 1 aliphatic heterocycles. The predicted molar refractivity (Wildman–Crippen MR) is 124 cm³/mol. The number of carbonyl (C=O) groups is 2. The van der Waals surface area contributed by atoms with E-state index in [0.29, 0.717) is 39.7 Å². The highest BCUT2D eigenvalue weighted by Crippen LogP contribution is 2.49. The molecular weight excluding hydrogens is 451 g/mol. The van der Waals surface area contributed by atoms with Crippen LogP contribution in [0.2, 0.25) is 10.0 Å². The second-order valence-corrected chi connectivity index (χ2v) is 10.0. The van der Waals surface area contributed by atoms with Crippen LogP contribution >= 0.6 is 23.2 Å². The van der Waals surface area contributed by atoms with Gasteiger partial charge in [-0.15, -0.1) is 0 Å². The Labute approximate surface area is 196 Å². The van der Waals surface area contributed by atoms with Crippen LogP contribution in [0, 0.1) is 22.5 Å². The molecular formula is C24H22Cl2N2O4. The van der Waals surface area contributed by atoms with Crippen molar-refractivity contribution in [2.75, 3.05) is 4.90 Å². The summed E-state index contributed by atoms with van der Waals surface area (Å²) in [7, 11) is 0. The Balaban J connectivity index is 1.95. The topological polar surface area (TPSA) is 80.5 Å². The number of nitro groups is 1. The quantitative estimate of drug-likeness (QED) is 0.383. The summed E-state index contributed by atoms with van der Waals surface area (Å²) in [5.41, 5.74) is 2.15. The number of Topliss-reactive ketones (excluding diaryl/α,β-unsaturated/α-hetero) is 1. The second kappa shape index (κ2) is 8.01. The van der Waals surface area contributed by atoms with E-state index >= 15 is 0 Å². The second-order valence-electron chi connectivity index (χ2n) is 9.21. The maximum Gasteiger partial charge on any atom is 0.293 e. The van der Waals surface area contributed by atoms with Crippen molar-refractivity contribution in [1.29, 1.82) is 0 Å². The molecule has 0 saturated heterocycles. The van der Waals surface area contributed by atoms with Crippen molar-refractivity contribution in [3.05, 3.63) is 79.0 Å². The average molecular weight is 473 g/mol. The Morgan fingerprint density at radius 1 is 1.06 bits per heavy atom. The molecule has 1 aliphatic carbocycles. The fourth-order valence-corrected chi connectivity index (χ4v) is 4.98. The van der Waals surface area contributed by atoms with Crippen LogP contribution in [0.3, 0.4) is 0 Å². The minimum Gasteiger partial charge on any atom is -0.294 e. The van der Waals surface area contributed by atoms with Crippen molar-refractivity contribution in [3.8, 4) is 0 Å². The van der Waals surface area contributed by atoms with E-state index in [1.165, 1.54) is 11.0 Å². The van der Waals surface area contributed by atoms with Crippen LogP contribution in [-0.4, -0.2) is 16.6 Å². The van der Waals surface area contributed by atoms with E-state index in [1.807, 2.05) is 13.8 Å². The fraction of sp³-hybridized carbons (Fsp3) is 0.333. The minimum absolute atomic E-state index is 0.00793. The van der Waals surface area contributed by atoms with Gasteiger partial charge in [0.15, 0.2) is 5.78 Å². The Morgan fingerprint density at radius 3 is 2.44 bits per heavy atom. The van der Waals surface area contributed by atoms with Gasteiger partial charge in [0.25, 0.3) is 5.69 Å². The molecule has 1 atom stereocenters. The van der Waals surface area contributed by atoms with E-state index in [2.05, 4.69) is 0 Å². The van der Waals surface area contributed by atoms with Crippen molar-refractivity contribution in [1.82, 2.24) is 0 Å². The van der Waals surface area contributed by atoms with Crippen LogP contribution in [0.5, 0.6) is 0 Å². The molecule has 2 aromatic carbocycles. The number of amides is 1. The molecule has 6 nitrogen and oxygen atoms in total. The number of anilines is 1. The normalized spacial score (nSPS) is 20.4. The number of hydrogen-bond acceptors (Lipinski definition) is 4. The number of ketones is 1. The zero-order valence-electron chi connectivity index (χ0n) is 17.9. The molecule has 2 aliphatic rings. The number of allylic oxidation sites excluding steroid dienone is 2. The lowest BCUT2D eigenvalue weighted by Crippen LogP contribution is -2.44. The highest BCUT2D eigenvalue weighted by Gasteiger charge is 2.45. The lowest BCUT2D eigenvalue weighted by atomic mass is 9.69. The Bertz CT molecular complexity index is 1200. The Morgan fingerprint density at radius 2 is 1.78 bits per heavy atom. The number of nitrogens with zero attached hydrogens (tertiary/aromatic N) is 2. The number of benzene rings is 2. The first kappa shape index (κ1) is 22.5. The lowest BCUT2D eigenvalue weighted by Gasteiger charge is -2.42. The fourth-order valence-electron chi connectivity index (χ4n) is 4.68. The highest BCUT2D eigenvalue weighted by atomic mass is 35.5. The molecule has 0 saturated carbocycles. The van der Waals surface area contributed by atoms with Gasteiger partial charge in [-0.05, 0) is 48.1 Å². The van der Waals surface area contributed by atoms with Crippen LogP contribution < -0.4 is 4.90 Å². The van der Waals surface area contributed by atoms with Crippen LogP contribution in [0.1, 0.15) is 50.2 Å². The SMILES string of the molecule is Cc1ccc(N2C(=O)CC(c3ccc(Cl)c(Cl)c3)C3=C2CC(C)(C)CC3=O)c([N+](=O)[O-])c1. The summed E-state index contributed by atoms with van der Waals surface area (Å²) in [6, 6.07) is 9.87. The lowest BCUT2D eigenvalue weighted by molar-refractivity contribution is -0.384. The molecule has 0 N–H and O–H groups in total. The van der Waals surface area contributed by atoms with Gasteiger partial charge in [0.2, 0.25) is 5.91 Å². The van der Waals surface area contributed by atoms with Crippen molar-refractivity contribution < 1.29 is 14.5 Å². The molecule has 4 rings (SSSR count). The van der Waals surface area contributed by atoms with Crippen LogP contribution in [-0.2, 0) is 9.59 Å². The van der Waals surface area contributed by atoms with Gasteiger partial charge in [-0.1, -0.05) is 49.2 Å². The first-order valence-electron chi connectivity index (χ1n) is 10.3. The largest absolute Gasteiger partial charge is 0.294 e. The molecule has 0 aromatic heterocycles. The molecule has 8 heteroatoms. The highest BCUT2D eigenvalue weighted by molar-refractivity contribution is 6.42. The third-order valence-electron chi connectivity index (χ3n) is 6.06. The van der Waals surface area contributed by atoms with Crippen molar-refractivity contribution in [2.24, 2.45) is 5.41 Å². The van der Waals surface area contributed by atoms with Crippen LogP contribution in [0.15, 0.2) is 47.7 Å². The molecule has 0 bridgehead atoms. The first-order valence-corrected chi connectivity index (χ1v) is 11.0. The zero-order chi connectivity index (χ0) is 23.4. The molecule has 0 fully saturated rings. The van der Waals surface area contributed by atoms with Gasteiger partial charge in [0.05, 0.1) is 15.0 Å². The van der Waals surface area contributed by atoms with Gasteiger partial charge in [0.1, 0.15) is 5.69 Å². The van der Waals surface area contributed by atoms with Gasteiger partial charge in [-0.2, -0.15) is 0 Å². The summed E-state index contributed by atoms with van der Waals surface area (Å²) in [6.45, 7) is 5.68. The number of hydrogen-bond donors (Lipinski definition) is 0. The summed E-state index contributed by atoms with van der Waals surface area (Å²) in [5.74, 6) is -0.825. The number of rotatable bonds is 3. The third kappa shape index (κ3) is 3.93. The molecule has 0 radical (unpaired) electrons. The number of aryl methyl sites for hydroxylation is 1. The van der Waals surface area contributed by atoms with E-state index in [4.69, 9.17) is 23.2 Å². The maximum atomic E-state index is 13.5. The summed E-state index contributed by atoms with van der Waals surface area (Å²) >= 11 is 12.3. The number of carbonyl (C=O) groups excluding carboxylic acids is 2. The minimum atomic E-state index is -0.489. The van der Waals surface area contributed by atoms with Gasteiger partial charge < -0.3 is 0 Å². The standard InChI is InChI=1S/C24H22Cl2N2O4/c1-13-4-7-18(19(8-13)28(31)32)27-20-11-24(2,3)12-21(29)23(20)15(10-22(27)30)14-5-6-16(25)17(26)9-14/h4-9,15H,10-12H2,1-3H3. The molecule has 166 valence electrons. The van der Waals surface area contributed by atoms with Gasteiger partial charge >= 0.3 is 0 Å².